The van der Waals surface area contributed by atoms with Gasteiger partial charge in [0.25, 0.3) is 5.69 Å². The van der Waals surface area contributed by atoms with E-state index in [1.54, 1.807) is 16.2 Å². The lowest BCUT2D eigenvalue weighted by Crippen LogP contribution is -2.46. The lowest BCUT2D eigenvalue weighted by molar-refractivity contribution is -0.384. The number of amides is 1. The Hall–Kier alpha value is -2.87. The summed E-state index contributed by atoms with van der Waals surface area (Å²) in [5.74, 6) is -0.371. The van der Waals surface area contributed by atoms with E-state index in [2.05, 4.69) is 4.90 Å². The Morgan fingerprint density at radius 2 is 1.82 bits per heavy atom. The van der Waals surface area contributed by atoms with E-state index in [-0.39, 0.29) is 22.4 Å². The molecule has 4 rings (SSSR count). The lowest BCUT2D eigenvalue weighted by atomic mass is 10.2. The topological polar surface area (TPSA) is 113 Å². The number of sulfonamides is 1. The molecule has 0 aliphatic carbocycles. The minimum atomic E-state index is -4.28. The number of hydrogen-bond acceptors (Lipinski definition) is 8. The molecule has 1 aliphatic heterocycles. The summed E-state index contributed by atoms with van der Waals surface area (Å²) in [5.41, 5.74) is 0.404. The molecule has 0 radical (unpaired) electrons. The van der Waals surface area contributed by atoms with Crippen molar-refractivity contribution in [2.24, 2.45) is 0 Å². The van der Waals surface area contributed by atoms with Gasteiger partial charge in [0.2, 0.25) is 15.9 Å². The maximum atomic E-state index is 13.8. The summed E-state index contributed by atoms with van der Waals surface area (Å²) in [7, 11) is -4.28. The van der Waals surface area contributed by atoms with Crippen LogP contribution in [0.4, 0.5) is 5.69 Å². The standard InChI is InChI=1S/C27H31ClN4O6S2/c1-21-7-8-23(39-21)19-30(18-22-5-3-2-4-6-22)27(33)20-31(12-11-29-13-15-38-16-14-29)40(36,37)24-9-10-25(28)26(17-24)32(34)35/h2-10,17H,11-16,18-20H2,1H3. The van der Waals surface area contributed by atoms with Gasteiger partial charge >= 0.3 is 0 Å². The van der Waals surface area contributed by atoms with E-state index in [1.165, 1.54) is 12.1 Å². The molecule has 0 N–H and O–H groups in total. The smallest absolute Gasteiger partial charge is 0.289 e. The molecule has 3 aromatic rings. The van der Waals surface area contributed by atoms with E-state index >= 15 is 0 Å². The fraction of sp³-hybridized carbons (Fsp3) is 0.370. The van der Waals surface area contributed by atoms with E-state index < -0.39 is 27.2 Å². The number of morpholine rings is 1. The molecule has 13 heteroatoms. The number of nitro groups is 1. The Kier molecular flexibility index (Phi) is 10.3. The second-order valence-electron chi connectivity index (χ2n) is 9.41. The number of rotatable bonds is 12. The summed E-state index contributed by atoms with van der Waals surface area (Å²) >= 11 is 7.52. The minimum absolute atomic E-state index is 0.0295. The molecule has 10 nitrogen and oxygen atoms in total. The van der Waals surface area contributed by atoms with Gasteiger partial charge in [-0.1, -0.05) is 41.9 Å². The highest BCUT2D eigenvalue weighted by molar-refractivity contribution is 7.89. The zero-order chi connectivity index (χ0) is 28.7. The van der Waals surface area contributed by atoms with E-state index in [4.69, 9.17) is 16.3 Å². The average molecular weight is 607 g/mol. The first-order valence-corrected chi connectivity index (χ1v) is 15.4. The third-order valence-corrected chi connectivity index (χ3v) is 9.69. The summed E-state index contributed by atoms with van der Waals surface area (Å²) in [6.45, 7) is 4.99. The van der Waals surface area contributed by atoms with Crippen molar-refractivity contribution in [3.05, 3.63) is 91.1 Å². The zero-order valence-corrected chi connectivity index (χ0v) is 24.5. The molecule has 0 spiro atoms. The Labute approximate surface area is 242 Å². The van der Waals surface area contributed by atoms with Crippen LogP contribution in [0, 0.1) is 17.0 Å². The molecule has 1 saturated heterocycles. The maximum absolute atomic E-state index is 13.8. The summed E-state index contributed by atoms with van der Waals surface area (Å²) < 4.78 is 34.1. The van der Waals surface area contributed by atoms with Crippen LogP contribution in [0.25, 0.3) is 0 Å². The van der Waals surface area contributed by atoms with Gasteiger partial charge in [-0.05, 0) is 36.8 Å². The number of aryl methyl sites for hydroxylation is 1. The van der Waals surface area contributed by atoms with Crippen LogP contribution < -0.4 is 0 Å². The summed E-state index contributed by atoms with van der Waals surface area (Å²) in [6.07, 6.45) is 0. The number of carbonyl (C=O) groups excluding carboxylic acids is 1. The van der Waals surface area contributed by atoms with Crippen LogP contribution in [0.3, 0.4) is 0 Å². The molecule has 1 aromatic heterocycles. The van der Waals surface area contributed by atoms with Crippen molar-refractivity contribution in [3.63, 3.8) is 0 Å². The molecule has 2 aromatic carbocycles. The number of hydrogen-bond donors (Lipinski definition) is 0. The monoisotopic (exact) mass is 606 g/mol. The van der Waals surface area contributed by atoms with Gasteiger partial charge in [-0.15, -0.1) is 11.3 Å². The lowest BCUT2D eigenvalue weighted by Gasteiger charge is -2.31. The Balaban J connectivity index is 1.62. The SMILES string of the molecule is Cc1ccc(CN(Cc2ccccc2)C(=O)CN(CCN2CCOCC2)S(=O)(=O)c2ccc(Cl)c([N+](=O)[O-])c2)s1. The van der Waals surface area contributed by atoms with Gasteiger partial charge in [-0.25, -0.2) is 8.42 Å². The first-order valence-electron chi connectivity index (χ1n) is 12.7. The molecular formula is C27H31ClN4O6S2. The van der Waals surface area contributed by atoms with Crippen molar-refractivity contribution in [1.82, 2.24) is 14.1 Å². The quantitative estimate of drug-likeness (QED) is 0.225. The number of nitro benzene ring substituents is 1. The van der Waals surface area contributed by atoms with Crippen molar-refractivity contribution in [2.75, 3.05) is 45.9 Å². The van der Waals surface area contributed by atoms with E-state index in [0.29, 0.717) is 45.9 Å². The number of carbonyl (C=O) groups is 1. The molecule has 0 atom stereocenters. The van der Waals surface area contributed by atoms with Crippen molar-refractivity contribution < 1.29 is 22.9 Å². The Bertz CT molecular complexity index is 1430. The van der Waals surface area contributed by atoms with Gasteiger partial charge in [0, 0.05) is 48.5 Å². The number of benzene rings is 2. The van der Waals surface area contributed by atoms with Gasteiger partial charge in [0.05, 0.1) is 36.1 Å². The van der Waals surface area contributed by atoms with Crippen LogP contribution >= 0.6 is 22.9 Å². The fourth-order valence-corrected chi connectivity index (χ4v) is 6.84. The Morgan fingerprint density at radius 1 is 1.10 bits per heavy atom. The molecular weight excluding hydrogens is 576 g/mol. The van der Waals surface area contributed by atoms with Gasteiger partial charge in [0.15, 0.2) is 0 Å². The number of thiophene rings is 1. The third-order valence-electron chi connectivity index (χ3n) is 6.54. The molecule has 2 heterocycles. The normalized spacial score (nSPS) is 14.4. The summed E-state index contributed by atoms with van der Waals surface area (Å²) in [4.78, 5) is 30.0. The molecule has 0 saturated carbocycles. The number of nitrogens with zero attached hydrogens (tertiary/aromatic N) is 4. The van der Waals surface area contributed by atoms with Crippen LogP contribution in [-0.2, 0) is 32.6 Å². The highest BCUT2D eigenvalue weighted by atomic mass is 35.5. The molecule has 1 fully saturated rings. The predicted octanol–water partition coefficient (Wildman–Crippen LogP) is 4.17. The summed E-state index contributed by atoms with van der Waals surface area (Å²) in [5, 5.41) is 11.3. The van der Waals surface area contributed by atoms with E-state index in [0.717, 1.165) is 25.7 Å². The molecule has 0 unspecified atom stereocenters. The number of ether oxygens (including phenoxy) is 1. The average Bonchev–Trinajstić information content (AvgIpc) is 3.35. The highest BCUT2D eigenvalue weighted by Gasteiger charge is 2.31. The van der Waals surface area contributed by atoms with Gasteiger partial charge in [-0.3, -0.25) is 19.8 Å². The van der Waals surface area contributed by atoms with Gasteiger partial charge in [0.1, 0.15) is 5.02 Å². The highest BCUT2D eigenvalue weighted by Crippen LogP contribution is 2.29. The van der Waals surface area contributed by atoms with E-state index in [1.807, 2.05) is 49.4 Å². The third kappa shape index (κ3) is 7.87. The second-order valence-corrected chi connectivity index (χ2v) is 13.1. The van der Waals surface area contributed by atoms with Gasteiger partial charge < -0.3 is 9.64 Å². The first kappa shape index (κ1) is 30.1. The fourth-order valence-electron chi connectivity index (χ4n) is 4.35. The van der Waals surface area contributed by atoms with Crippen molar-refractivity contribution in [2.45, 2.75) is 24.9 Å². The van der Waals surface area contributed by atoms with Crippen molar-refractivity contribution >= 4 is 44.6 Å². The number of halogens is 1. The molecule has 0 bridgehead atoms. The summed E-state index contributed by atoms with van der Waals surface area (Å²) in [6, 6.07) is 16.8. The largest absolute Gasteiger partial charge is 0.379 e. The van der Waals surface area contributed by atoms with Crippen molar-refractivity contribution in [3.8, 4) is 0 Å². The maximum Gasteiger partial charge on any atom is 0.289 e. The van der Waals surface area contributed by atoms with Crippen LogP contribution in [-0.4, -0.2) is 79.3 Å². The van der Waals surface area contributed by atoms with Crippen LogP contribution in [0.15, 0.2) is 65.6 Å². The first-order chi connectivity index (χ1) is 19.1. The molecule has 40 heavy (non-hydrogen) atoms. The minimum Gasteiger partial charge on any atom is -0.379 e. The Morgan fingerprint density at radius 3 is 2.48 bits per heavy atom. The van der Waals surface area contributed by atoms with Crippen LogP contribution in [0.2, 0.25) is 5.02 Å². The van der Waals surface area contributed by atoms with Gasteiger partial charge in [-0.2, -0.15) is 4.31 Å². The van der Waals surface area contributed by atoms with E-state index in [9.17, 15) is 23.3 Å². The molecule has 214 valence electrons. The second kappa shape index (κ2) is 13.7. The zero-order valence-electron chi connectivity index (χ0n) is 22.1. The van der Waals surface area contributed by atoms with Crippen LogP contribution in [0.1, 0.15) is 15.3 Å². The molecule has 1 amide bonds. The molecule has 1 aliphatic rings. The van der Waals surface area contributed by atoms with Crippen LogP contribution in [0.5, 0.6) is 0 Å². The van der Waals surface area contributed by atoms with Crippen molar-refractivity contribution in [1.29, 1.82) is 0 Å². The predicted molar refractivity (Wildman–Crippen MR) is 154 cm³/mol.